The van der Waals surface area contributed by atoms with Crippen LogP contribution in [0.25, 0.3) is 0 Å². The zero-order valence-corrected chi connectivity index (χ0v) is 14.5. The number of nitrogens with zero attached hydrogens (tertiary/aromatic N) is 2. The highest BCUT2D eigenvalue weighted by Gasteiger charge is 2.24. The summed E-state index contributed by atoms with van der Waals surface area (Å²) in [4.78, 5) is 46.2. The summed E-state index contributed by atoms with van der Waals surface area (Å²) in [7, 11) is 1.19. The molecule has 10 nitrogen and oxygen atoms in total. The van der Waals surface area contributed by atoms with Crippen molar-refractivity contribution in [2.45, 2.75) is 13.0 Å². The number of ether oxygens (including phenoxy) is 1. The minimum atomic E-state index is -0.992. The molecule has 0 bridgehead atoms. The molecule has 26 heavy (non-hydrogen) atoms. The number of halogens is 1. The second-order valence-electron chi connectivity index (χ2n) is 4.79. The number of esters is 1. The molecule has 0 unspecified atom stereocenters. The fourth-order valence-corrected chi connectivity index (χ4v) is 1.90. The molecule has 0 aromatic heterocycles. The normalized spacial score (nSPS) is 11.0. The number of carbonyl (C=O) groups is 3. The van der Waals surface area contributed by atoms with Gasteiger partial charge in [-0.15, -0.1) is 10.0 Å². The Kier molecular flexibility index (Phi) is 8.58. The van der Waals surface area contributed by atoms with E-state index in [2.05, 4.69) is 25.7 Å². The lowest BCUT2D eigenvalue weighted by atomic mass is 10.2. The van der Waals surface area contributed by atoms with Gasteiger partial charge in [0, 0.05) is 18.1 Å². The Morgan fingerprint density at radius 3 is 2.31 bits per heavy atom. The van der Waals surface area contributed by atoms with E-state index in [-0.39, 0.29) is 19.5 Å². The van der Waals surface area contributed by atoms with Gasteiger partial charge in [0.2, 0.25) is 5.82 Å². The number of amides is 2. The number of benzene rings is 1. The van der Waals surface area contributed by atoms with Crippen molar-refractivity contribution in [1.82, 2.24) is 10.6 Å². The van der Waals surface area contributed by atoms with Crippen molar-refractivity contribution < 1.29 is 19.1 Å². The highest BCUT2D eigenvalue weighted by molar-refractivity contribution is 6.30. The Morgan fingerprint density at radius 2 is 1.77 bits per heavy atom. The average Bonchev–Trinajstić information content (AvgIpc) is 2.64. The van der Waals surface area contributed by atoms with Crippen LogP contribution in [-0.4, -0.2) is 31.4 Å². The quantitative estimate of drug-likeness (QED) is 0.148. The monoisotopic (exact) mass is 381 g/mol. The average molecular weight is 382 g/mol. The van der Waals surface area contributed by atoms with E-state index in [1.54, 1.807) is 24.3 Å². The predicted molar refractivity (Wildman–Crippen MR) is 90.9 cm³/mol. The van der Waals surface area contributed by atoms with Crippen LogP contribution in [-0.2, 0) is 25.7 Å². The highest BCUT2D eigenvalue weighted by Crippen LogP contribution is 2.11. The van der Waals surface area contributed by atoms with Crippen LogP contribution in [0.1, 0.15) is 12.0 Å². The van der Waals surface area contributed by atoms with E-state index in [9.17, 15) is 19.3 Å². The number of carbonyl (C=O) groups excluding carboxylic acids is 3. The minimum Gasteiger partial charge on any atom is -0.469 e. The number of nitrogens with one attached hydrogen (secondary N) is 3. The zero-order valence-electron chi connectivity index (χ0n) is 13.7. The molecule has 0 saturated heterocycles. The lowest BCUT2D eigenvalue weighted by Gasteiger charge is -2.10. The van der Waals surface area contributed by atoms with E-state index in [0.717, 1.165) is 0 Å². The van der Waals surface area contributed by atoms with E-state index in [1.807, 2.05) is 0 Å². The molecule has 11 heteroatoms. The van der Waals surface area contributed by atoms with Crippen molar-refractivity contribution in [3.8, 4) is 0 Å². The first-order valence-electron chi connectivity index (χ1n) is 7.25. The molecule has 3 N–H and O–H groups in total. The molecule has 1 rings (SSSR count). The third-order valence-corrected chi connectivity index (χ3v) is 3.33. The van der Waals surface area contributed by atoms with Crippen LogP contribution in [0.4, 0.5) is 0 Å². The molecular formula is C15H16ClN5O5. The first kappa shape index (κ1) is 20.9. The summed E-state index contributed by atoms with van der Waals surface area (Å²) in [5.41, 5.74) is 6.86. The lowest BCUT2D eigenvalue weighted by Crippen LogP contribution is -2.36. The Morgan fingerprint density at radius 1 is 1.15 bits per heavy atom. The molecule has 0 aliphatic rings. The molecule has 1 aromatic carbocycles. The molecule has 0 aliphatic carbocycles. The van der Waals surface area contributed by atoms with Crippen LogP contribution < -0.4 is 10.6 Å². The molecule has 1 aromatic rings. The van der Waals surface area contributed by atoms with Gasteiger partial charge >= 0.3 is 5.97 Å². The molecular weight excluding hydrogens is 366 g/mol. The molecule has 0 aliphatic heterocycles. The minimum absolute atomic E-state index is 0.0408. The molecule has 0 spiro atoms. The SMILES string of the molecule is COC(=O)CCNC(=O)/C(C(=O)NCc1ccc(Cl)cc1)=C(/N=N)N=O. The standard InChI is InChI=1S/C15H16ClN5O5/c1-26-11(22)6-7-18-14(23)12(13(20-17)21-25)15(24)19-8-9-2-4-10(16)5-3-9/h2-5,17H,6-8H2,1H3,(H,18,23)(H,19,24)/b13-12+,20-17?. The van der Waals surface area contributed by atoms with Crippen LogP contribution in [0.3, 0.4) is 0 Å². The lowest BCUT2D eigenvalue weighted by molar-refractivity contribution is -0.140. The third-order valence-electron chi connectivity index (χ3n) is 3.08. The van der Waals surface area contributed by atoms with E-state index in [1.165, 1.54) is 7.11 Å². The number of hydrogen-bond acceptors (Lipinski definition) is 8. The van der Waals surface area contributed by atoms with Crippen molar-refractivity contribution in [2.75, 3.05) is 13.7 Å². The maximum absolute atomic E-state index is 12.2. The molecule has 0 saturated carbocycles. The number of rotatable bonds is 9. The first-order chi connectivity index (χ1) is 12.4. The molecule has 138 valence electrons. The van der Waals surface area contributed by atoms with Gasteiger partial charge in [0.05, 0.1) is 13.5 Å². The van der Waals surface area contributed by atoms with Gasteiger partial charge in [-0.05, 0) is 22.9 Å². The molecule has 0 heterocycles. The van der Waals surface area contributed by atoms with Gasteiger partial charge in [-0.2, -0.15) is 0 Å². The number of nitroso groups, excluding NO2 is 1. The Labute approximate surface area is 153 Å². The molecule has 0 atom stereocenters. The predicted octanol–water partition coefficient (Wildman–Crippen LogP) is 1.64. The second-order valence-corrected chi connectivity index (χ2v) is 5.23. The largest absolute Gasteiger partial charge is 0.469 e. The first-order valence-corrected chi connectivity index (χ1v) is 7.63. The summed E-state index contributed by atoms with van der Waals surface area (Å²) in [5.74, 6) is -3.38. The molecule has 0 fully saturated rings. The zero-order chi connectivity index (χ0) is 19.5. The van der Waals surface area contributed by atoms with Crippen molar-refractivity contribution in [3.63, 3.8) is 0 Å². The Hall–Kier alpha value is -3.14. The van der Waals surface area contributed by atoms with E-state index >= 15 is 0 Å². The second kappa shape index (κ2) is 10.7. The summed E-state index contributed by atoms with van der Waals surface area (Å²) < 4.78 is 4.42. The van der Waals surface area contributed by atoms with Crippen molar-refractivity contribution in [2.24, 2.45) is 10.3 Å². The summed E-state index contributed by atoms with van der Waals surface area (Å²) in [6.45, 7) is -0.0946. The van der Waals surface area contributed by atoms with Gasteiger partial charge in [0.25, 0.3) is 11.8 Å². The van der Waals surface area contributed by atoms with Crippen LogP contribution in [0.2, 0.25) is 5.02 Å². The number of methoxy groups -OCH3 is 1. The number of hydrogen-bond donors (Lipinski definition) is 3. The van der Waals surface area contributed by atoms with Gasteiger partial charge in [-0.3, -0.25) is 14.4 Å². The maximum atomic E-state index is 12.2. The van der Waals surface area contributed by atoms with Gasteiger partial charge < -0.3 is 15.4 Å². The van der Waals surface area contributed by atoms with Gasteiger partial charge in [-0.25, -0.2) is 5.53 Å². The molecule has 2 amide bonds. The maximum Gasteiger partial charge on any atom is 0.307 e. The summed E-state index contributed by atoms with van der Waals surface area (Å²) in [5, 5.41) is 10.4. The molecule has 0 radical (unpaired) electrons. The van der Waals surface area contributed by atoms with Crippen LogP contribution >= 0.6 is 11.6 Å². The summed E-state index contributed by atoms with van der Waals surface area (Å²) in [6.07, 6.45) is -0.135. The highest BCUT2D eigenvalue weighted by atomic mass is 35.5. The third kappa shape index (κ3) is 6.40. The van der Waals surface area contributed by atoms with Gasteiger partial charge in [-0.1, -0.05) is 23.7 Å². The van der Waals surface area contributed by atoms with Gasteiger partial charge in [0.15, 0.2) is 5.57 Å². The van der Waals surface area contributed by atoms with E-state index in [4.69, 9.17) is 17.1 Å². The van der Waals surface area contributed by atoms with Crippen molar-refractivity contribution in [1.29, 1.82) is 5.53 Å². The van der Waals surface area contributed by atoms with Gasteiger partial charge in [0.1, 0.15) is 0 Å². The Balaban J connectivity index is 2.83. The van der Waals surface area contributed by atoms with Crippen LogP contribution in [0.5, 0.6) is 0 Å². The summed E-state index contributed by atoms with van der Waals surface area (Å²) in [6, 6.07) is 6.57. The smallest absolute Gasteiger partial charge is 0.307 e. The van der Waals surface area contributed by atoms with Crippen LogP contribution in [0.15, 0.2) is 46.0 Å². The fraction of sp³-hybridized carbons (Fsp3) is 0.267. The van der Waals surface area contributed by atoms with E-state index < -0.39 is 29.2 Å². The van der Waals surface area contributed by atoms with Crippen molar-refractivity contribution >= 4 is 29.4 Å². The van der Waals surface area contributed by atoms with Crippen molar-refractivity contribution in [3.05, 3.63) is 51.2 Å². The van der Waals surface area contributed by atoms with Crippen LogP contribution in [0, 0.1) is 10.4 Å². The summed E-state index contributed by atoms with van der Waals surface area (Å²) >= 11 is 5.77. The Bertz CT molecular complexity index is 722. The van der Waals surface area contributed by atoms with E-state index in [0.29, 0.717) is 10.6 Å². The topological polar surface area (TPSA) is 150 Å². The fourth-order valence-electron chi connectivity index (χ4n) is 1.77.